The van der Waals surface area contributed by atoms with Gasteiger partial charge in [-0.1, -0.05) is 24.6 Å². The second-order valence-corrected chi connectivity index (χ2v) is 8.22. The van der Waals surface area contributed by atoms with E-state index in [0.717, 1.165) is 24.3 Å². The van der Waals surface area contributed by atoms with Crippen LogP contribution in [0.15, 0.2) is 24.3 Å². The van der Waals surface area contributed by atoms with Crippen molar-refractivity contribution in [1.29, 1.82) is 0 Å². The number of hydrogen-bond donors (Lipinski definition) is 2. The van der Waals surface area contributed by atoms with Crippen LogP contribution >= 0.6 is 0 Å². The van der Waals surface area contributed by atoms with Gasteiger partial charge in [-0.15, -0.1) is 0 Å². The van der Waals surface area contributed by atoms with Crippen molar-refractivity contribution < 1.29 is 9.59 Å². The number of likely N-dealkylation sites (tertiary alicyclic amines) is 1. The summed E-state index contributed by atoms with van der Waals surface area (Å²) in [6.45, 7) is 7.29. The normalized spacial score (nSPS) is 21.0. The quantitative estimate of drug-likeness (QED) is 0.823. The van der Waals surface area contributed by atoms with Gasteiger partial charge in [-0.3, -0.25) is 14.5 Å². The molecule has 1 unspecified atom stereocenters. The van der Waals surface area contributed by atoms with Crippen LogP contribution in [0.1, 0.15) is 51.5 Å². The van der Waals surface area contributed by atoms with Crippen LogP contribution < -0.4 is 10.6 Å². The third-order valence-electron chi connectivity index (χ3n) is 5.76. The number of anilines is 1. The minimum absolute atomic E-state index is 0.0166. The van der Waals surface area contributed by atoms with E-state index in [1.54, 1.807) is 0 Å². The van der Waals surface area contributed by atoms with Crippen molar-refractivity contribution in [3.8, 4) is 0 Å². The lowest BCUT2D eigenvalue weighted by molar-refractivity contribution is -0.123. The number of fused-ring (bicyclic) bond motifs is 1. The highest BCUT2D eigenvalue weighted by Crippen LogP contribution is 2.27. The Morgan fingerprint density at radius 2 is 1.96 bits per heavy atom. The topological polar surface area (TPSA) is 61.4 Å². The molecule has 1 saturated heterocycles. The van der Waals surface area contributed by atoms with Crippen LogP contribution in [0.3, 0.4) is 0 Å². The molecule has 2 heterocycles. The molecule has 0 bridgehead atoms. The molecule has 142 valence electrons. The van der Waals surface area contributed by atoms with Crippen LogP contribution in [0, 0.1) is 5.92 Å². The van der Waals surface area contributed by atoms with Gasteiger partial charge in [0.2, 0.25) is 11.8 Å². The van der Waals surface area contributed by atoms with E-state index in [1.165, 1.54) is 19.3 Å². The number of benzene rings is 1. The van der Waals surface area contributed by atoms with Crippen LogP contribution in [0.2, 0.25) is 0 Å². The molecular formula is C21H31N3O2. The Kier molecular flexibility index (Phi) is 5.97. The van der Waals surface area contributed by atoms with E-state index in [2.05, 4.69) is 29.4 Å². The molecule has 0 radical (unpaired) electrons. The first-order valence-electron chi connectivity index (χ1n) is 9.86. The van der Waals surface area contributed by atoms with Crippen LogP contribution in [-0.2, 0) is 16.0 Å². The Labute approximate surface area is 156 Å². The molecule has 0 saturated carbocycles. The minimum Gasteiger partial charge on any atom is -0.354 e. The summed E-state index contributed by atoms with van der Waals surface area (Å²) in [7, 11) is 0. The SMILES string of the molecule is CC(C)(CNC(=O)CCC1Cc2ccccc2NC1=O)N1CCCCC1. The number of piperidine rings is 1. The molecular weight excluding hydrogens is 326 g/mol. The van der Waals surface area contributed by atoms with Crippen molar-refractivity contribution in [2.75, 3.05) is 25.0 Å². The number of nitrogens with one attached hydrogen (secondary N) is 2. The number of carbonyl (C=O) groups is 2. The Morgan fingerprint density at radius 1 is 1.23 bits per heavy atom. The predicted molar refractivity (Wildman–Crippen MR) is 104 cm³/mol. The van der Waals surface area contributed by atoms with Gasteiger partial charge in [0.1, 0.15) is 0 Å². The first-order valence-corrected chi connectivity index (χ1v) is 9.86. The summed E-state index contributed by atoms with van der Waals surface area (Å²) in [6.07, 6.45) is 5.51. The maximum absolute atomic E-state index is 12.3. The lowest BCUT2D eigenvalue weighted by Crippen LogP contribution is -2.53. The smallest absolute Gasteiger partial charge is 0.227 e. The second-order valence-electron chi connectivity index (χ2n) is 8.22. The van der Waals surface area contributed by atoms with Gasteiger partial charge >= 0.3 is 0 Å². The minimum atomic E-state index is -0.120. The largest absolute Gasteiger partial charge is 0.354 e. The zero-order chi connectivity index (χ0) is 18.6. The average Bonchev–Trinajstić information content (AvgIpc) is 2.65. The third kappa shape index (κ3) is 4.64. The molecule has 0 aromatic heterocycles. The molecule has 1 aromatic rings. The highest BCUT2D eigenvalue weighted by Gasteiger charge is 2.29. The Balaban J connectivity index is 1.45. The summed E-state index contributed by atoms with van der Waals surface area (Å²) in [4.78, 5) is 27.0. The summed E-state index contributed by atoms with van der Waals surface area (Å²) >= 11 is 0. The molecule has 0 aliphatic carbocycles. The van der Waals surface area contributed by atoms with Gasteiger partial charge in [0.15, 0.2) is 0 Å². The molecule has 2 amide bonds. The van der Waals surface area contributed by atoms with Crippen LogP contribution in [0.25, 0.3) is 0 Å². The van der Waals surface area contributed by atoms with E-state index < -0.39 is 0 Å². The fourth-order valence-electron chi connectivity index (χ4n) is 3.97. The molecule has 26 heavy (non-hydrogen) atoms. The highest BCUT2D eigenvalue weighted by atomic mass is 16.2. The second kappa shape index (κ2) is 8.21. The molecule has 2 N–H and O–H groups in total. The summed E-state index contributed by atoms with van der Waals surface area (Å²) in [5, 5.41) is 6.04. The molecule has 2 aliphatic heterocycles. The average molecular weight is 357 g/mol. The van der Waals surface area contributed by atoms with Crippen LogP contribution in [0.5, 0.6) is 0 Å². The van der Waals surface area contributed by atoms with Crippen molar-refractivity contribution in [2.45, 2.75) is 57.9 Å². The van der Waals surface area contributed by atoms with E-state index in [0.29, 0.717) is 25.8 Å². The lowest BCUT2D eigenvalue weighted by Gasteiger charge is -2.41. The summed E-state index contributed by atoms with van der Waals surface area (Å²) in [5.74, 6) is -0.0438. The van der Waals surface area contributed by atoms with Crippen molar-refractivity contribution in [3.63, 3.8) is 0 Å². The van der Waals surface area contributed by atoms with Crippen molar-refractivity contribution >= 4 is 17.5 Å². The van der Waals surface area contributed by atoms with E-state index in [1.807, 2.05) is 24.3 Å². The molecule has 3 rings (SSSR count). The molecule has 1 aromatic carbocycles. The molecule has 1 fully saturated rings. The van der Waals surface area contributed by atoms with Gasteiger partial charge < -0.3 is 10.6 Å². The first kappa shape index (κ1) is 18.9. The fraction of sp³-hybridized carbons (Fsp3) is 0.619. The van der Waals surface area contributed by atoms with Crippen LogP contribution in [-0.4, -0.2) is 41.9 Å². The standard InChI is InChI=1S/C21H31N3O2/c1-21(2,24-12-6-3-7-13-24)15-22-19(25)11-10-17-14-16-8-4-5-9-18(16)23-20(17)26/h4-5,8-9,17H,3,6-7,10-15H2,1-2H3,(H,22,25)(H,23,26). The third-order valence-corrected chi connectivity index (χ3v) is 5.76. The molecule has 1 atom stereocenters. The number of para-hydroxylation sites is 1. The number of nitrogens with zero attached hydrogens (tertiary/aromatic N) is 1. The predicted octanol–water partition coefficient (Wildman–Crippen LogP) is 2.96. The maximum Gasteiger partial charge on any atom is 0.227 e. The monoisotopic (exact) mass is 357 g/mol. The fourth-order valence-corrected chi connectivity index (χ4v) is 3.97. The van der Waals surface area contributed by atoms with E-state index >= 15 is 0 Å². The van der Waals surface area contributed by atoms with Gasteiger partial charge in [-0.25, -0.2) is 0 Å². The number of amides is 2. The zero-order valence-corrected chi connectivity index (χ0v) is 16.0. The van der Waals surface area contributed by atoms with Gasteiger partial charge in [0.05, 0.1) is 0 Å². The van der Waals surface area contributed by atoms with Gasteiger partial charge in [0.25, 0.3) is 0 Å². The lowest BCUT2D eigenvalue weighted by atomic mass is 9.89. The summed E-state index contributed by atoms with van der Waals surface area (Å²) in [6, 6.07) is 7.89. The van der Waals surface area contributed by atoms with E-state index in [9.17, 15) is 9.59 Å². The number of carbonyl (C=O) groups excluding carboxylic acids is 2. The maximum atomic E-state index is 12.3. The van der Waals surface area contributed by atoms with Crippen molar-refractivity contribution in [1.82, 2.24) is 10.2 Å². The Hall–Kier alpha value is -1.88. The molecule has 2 aliphatic rings. The zero-order valence-electron chi connectivity index (χ0n) is 16.0. The van der Waals surface area contributed by atoms with Gasteiger partial charge in [-0.2, -0.15) is 0 Å². The van der Waals surface area contributed by atoms with Crippen LogP contribution in [0.4, 0.5) is 5.69 Å². The van der Waals surface area contributed by atoms with Gasteiger partial charge in [-0.05, 0) is 64.3 Å². The van der Waals surface area contributed by atoms with E-state index in [4.69, 9.17) is 0 Å². The molecule has 5 heteroatoms. The Bertz CT molecular complexity index is 650. The van der Waals surface area contributed by atoms with Crippen molar-refractivity contribution in [3.05, 3.63) is 29.8 Å². The summed E-state index contributed by atoms with van der Waals surface area (Å²) < 4.78 is 0. The first-order chi connectivity index (χ1) is 12.5. The number of hydrogen-bond acceptors (Lipinski definition) is 3. The highest BCUT2D eigenvalue weighted by molar-refractivity contribution is 5.96. The van der Waals surface area contributed by atoms with E-state index in [-0.39, 0.29) is 23.3 Å². The molecule has 5 nitrogen and oxygen atoms in total. The van der Waals surface area contributed by atoms with Gasteiger partial charge in [0, 0.05) is 30.1 Å². The number of rotatable bonds is 6. The summed E-state index contributed by atoms with van der Waals surface area (Å²) in [5.41, 5.74) is 2.04. The Morgan fingerprint density at radius 3 is 2.73 bits per heavy atom. The molecule has 0 spiro atoms. The van der Waals surface area contributed by atoms with Crippen molar-refractivity contribution in [2.24, 2.45) is 5.92 Å².